The zero-order valence-electron chi connectivity index (χ0n) is 8.95. The second kappa shape index (κ2) is 4.73. The van der Waals surface area contributed by atoms with Crippen LogP contribution >= 0.6 is 12.4 Å². The van der Waals surface area contributed by atoms with Crippen LogP contribution in [0.2, 0.25) is 0 Å². The molecule has 1 aromatic carbocycles. The van der Waals surface area contributed by atoms with Gasteiger partial charge in [0.2, 0.25) is 0 Å². The number of benzene rings is 1. The summed E-state index contributed by atoms with van der Waals surface area (Å²) in [6, 6.07) is 4.31. The van der Waals surface area contributed by atoms with Crippen molar-refractivity contribution in [3.05, 3.63) is 23.3 Å². The molecule has 2 rings (SSSR count). The zero-order chi connectivity index (χ0) is 10.1. The number of hydrogen-bond acceptors (Lipinski definition) is 3. The number of methoxy groups -OCH3 is 2. The van der Waals surface area contributed by atoms with E-state index in [0.29, 0.717) is 0 Å². The number of hydrogen-bond donors (Lipinski definition) is 1. The van der Waals surface area contributed by atoms with Crippen LogP contribution in [0.15, 0.2) is 12.1 Å². The zero-order valence-corrected chi connectivity index (χ0v) is 9.76. The molecular formula is C11H16ClNO2. The van der Waals surface area contributed by atoms with Crippen molar-refractivity contribution in [2.24, 2.45) is 5.73 Å². The summed E-state index contributed by atoms with van der Waals surface area (Å²) in [4.78, 5) is 0. The van der Waals surface area contributed by atoms with Crippen LogP contribution in [-0.4, -0.2) is 20.3 Å². The van der Waals surface area contributed by atoms with Crippen molar-refractivity contribution in [2.75, 3.05) is 14.2 Å². The second-order valence-corrected chi connectivity index (χ2v) is 3.64. The molecule has 0 unspecified atom stereocenters. The molecule has 0 heterocycles. The molecule has 3 nitrogen and oxygen atoms in total. The first-order valence-corrected chi connectivity index (χ1v) is 4.74. The number of ether oxygens (including phenoxy) is 2. The van der Waals surface area contributed by atoms with Crippen LogP contribution in [-0.2, 0) is 12.8 Å². The van der Waals surface area contributed by atoms with E-state index in [1.807, 2.05) is 12.1 Å². The largest absolute Gasteiger partial charge is 0.493 e. The molecule has 2 N–H and O–H groups in total. The summed E-state index contributed by atoms with van der Waals surface area (Å²) in [7, 11) is 3.30. The molecule has 0 saturated heterocycles. The maximum atomic E-state index is 5.89. The fourth-order valence-electron chi connectivity index (χ4n) is 1.98. The summed E-state index contributed by atoms with van der Waals surface area (Å²) in [6.07, 6.45) is 1.88. The third-order valence-corrected chi connectivity index (χ3v) is 2.67. The molecule has 4 heteroatoms. The van der Waals surface area contributed by atoms with Gasteiger partial charge in [0.25, 0.3) is 0 Å². The van der Waals surface area contributed by atoms with Crippen LogP contribution in [0.4, 0.5) is 0 Å². The third-order valence-electron chi connectivity index (χ3n) is 2.67. The summed E-state index contributed by atoms with van der Waals surface area (Å²) in [5, 5.41) is 0. The molecule has 0 spiro atoms. The van der Waals surface area contributed by atoms with Gasteiger partial charge < -0.3 is 15.2 Å². The van der Waals surface area contributed by atoms with Gasteiger partial charge >= 0.3 is 0 Å². The Labute approximate surface area is 96.0 Å². The minimum absolute atomic E-state index is 0. The molecule has 0 atom stereocenters. The van der Waals surface area contributed by atoms with Crippen molar-refractivity contribution >= 4 is 12.4 Å². The minimum atomic E-state index is 0. The van der Waals surface area contributed by atoms with Gasteiger partial charge in [-0.25, -0.2) is 0 Å². The quantitative estimate of drug-likeness (QED) is 0.837. The van der Waals surface area contributed by atoms with Crippen LogP contribution in [0.3, 0.4) is 0 Å². The molecule has 0 aromatic heterocycles. The molecule has 1 aliphatic carbocycles. The highest BCUT2D eigenvalue weighted by Gasteiger charge is 2.20. The van der Waals surface area contributed by atoms with E-state index >= 15 is 0 Å². The van der Waals surface area contributed by atoms with Crippen LogP contribution < -0.4 is 15.2 Å². The summed E-state index contributed by atoms with van der Waals surface area (Å²) in [5.41, 5.74) is 8.46. The SMILES string of the molecule is COc1cc2c(cc1OC)CC(N)C2.Cl. The van der Waals surface area contributed by atoms with Gasteiger partial charge in [-0.1, -0.05) is 0 Å². The van der Waals surface area contributed by atoms with Crippen LogP contribution in [0.5, 0.6) is 11.5 Å². The maximum absolute atomic E-state index is 5.89. The van der Waals surface area contributed by atoms with E-state index in [2.05, 4.69) is 0 Å². The normalized spacial score (nSPS) is 14.3. The van der Waals surface area contributed by atoms with E-state index in [4.69, 9.17) is 15.2 Å². The predicted molar refractivity (Wildman–Crippen MR) is 62.2 cm³/mol. The highest BCUT2D eigenvalue weighted by atomic mass is 35.5. The Morgan fingerprint density at radius 1 is 1.07 bits per heavy atom. The van der Waals surface area contributed by atoms with Crippen molar-refractivity contribution in [3.63, 3.8) is 0 Å². The fourth-order valence-corrected chi connectivity index (χ4v) is 1.98. The molecule has 84 valence electrons. The Morgan fingerprint density at radius 3 is 1.80 bits per heavy atom. The number of halogens is 1. The summed E-state index contributed by atoms with van der Waals surface area (Å²) >= 11 is 0. The lowest BCUT2D eigenvalue weighted by atomic mass is 10.1. The molecule has 0 saturated carbocycles. The van der Waals surface area contributed by atoms with Gasteiger partial charge in [0, 0.05) is 6.04 Å². The van der Waals surface area contributed by atoms with Gasteiger partial charge in [0.1, 0.15) is 0 Å². The molecule has 0 amide bonds. The van der Waals surface area contributed by atoms with Gasteiger partial charge in [-0.15, -0.1) is 12.4 Å². The van der Waals surface area contributed by atoms with Gasteiger partial charge in [-0.2, -0.15) is 0 Å². The van der Waals surface area contributed by atoms with Crippen molar-refractivity contribution in [1.82, 2.24) is 0 Å². The Bertz CT molecular complexity index is 322. The molecule has 1 aliphatic rings. The predicted octanol–water partition coefficient (Wildman–Crippen LogP) is 1.55. The highest BCUT2D eigenvalue weighted by molar-refractivity contribution is 5.85. The Balaban J connectivity index is 0.00000112. The van der Waals surface area contributed by atoms with E-state index in [-0.39, 0.29) is 18.4 Å². The Kier molecular flexibility index (Phi) is 3.83. The number of nitrogens with two attached hydrogens (primary N) is 1. The molecule has 0 fully saturated rings. The van der Waals surface area contributed by atoms with Crippen molar-refractivity contribution < 1.29 is 9.47 Å². The first kappa shape index (κ1) is 12.1. The molecule has 0 bridgehead atoms. The lowest BCUT2D eigenvalue weighted by Crippen LogP contribution is -2.18. The maximum Gasteiger partial charge on any atom is 0.161 e. The lowest BCUT2D eigenvalue weighted by molar-refractivity contribution is 0.354. The molecule has 1 aromatic rings. The summed E-state index contributed by atoms with van der Waals surface area (Å²) in [6.45, 7) is 0. The summed E-state index contributed by atoms with van der Waals surface area (Å²) < 4.78 is 10.5. The molecule has 15 heavy (non-hydrogen) atoms. The molecule has 0 aliphatic heterocycles. The third kappa shape index (κ3) is 2.19. The van der Waals surface area contributed by atoms with Crippen LogP contribution in [0.25, 0.3) is 0 Å². The average Bonchev–Trinajstić information content (AvgIpc) is 2.54. The van der Waals surface area contributed by atoms with E-state index in [1.165, 1.54) is 11.1 Å². The first-order valence-electron chi connectivity index (χ1n) is 4.74. The standard InChI is InChI=1S/C11H15NO2.ClH/c1-13-10-5-7-3-9(12)4-8(7)6-11(10)14-2;/h5-6,9H,3-4,12H2,1-2H3;1H. The van der Waals surface area contributed by atoms with Gasteiger partial charge in [-0.05, 0) is 36.1 Å². The van der Waals surface area contributed by atoms with Crippen molar-refractivity contribution in [1.29, 1.82) is 0 Å². The average molecular weight is 230 g/mol. The van der Waals surface area contributed by atoms with E-state index in [1.54, 1.807) is 14.2 Å². The first-order chi connectivity index (χ1) is 6.74. The second-order valence-electron chi connectivity index (χ2n) is 3.64. The van der Waals surface area contributed by atoms with Gasteiger partial charge in [0.15, 0.2) is 11.5 Å². The lowest BCUT2D eigenvalue weighted by Gasteiger charge is -2.09. The van der Waals surface area contributed by atoms with Gasteiger partial charge in [0.05, 0.1) is 14.2 Å². The van der Waals surface area contributed by atoms with Crippen molar-refractivity contribution in [2.45, 2.75) is 18.9 Å². The minimum Gasteiger partial charge on any atom is -0.493 e. The van der Waals surface area contributed by atoms with Crippen LogP contribution in [0, 0.1) is 0 Å². The number of fused-ring (bicyclic) bond motifs is 1. The Hall–Kier alpha value is -0.930. The monoisotopic (exact) mass is 229 g/mol. The molecular weight excluding hydrogens is 214 g/mol. The van der Waals surface area contributed by atoms with E-state index in [9.17, 15) is 0 Å². The molecule has 0 radical (unpaired) electrons. The van der Waals surface area contributed by atoms with Crippen molar-refractivity contribution in [3.8, 4) is 11.5 Å². The van der Waals surface area contributed by atoms with Gasteiger partial charge in [-0.3, -0.25) is 0 Å². The summed E-state index contributed by atoms with van der Waals surface area (Å²) in [5.74, 6) is 1.58. The topological polar surface area (TPSA) is 44.5 Å². The smallest absolute Gasteiger partial charge is 0.161 e. The highest BCUT2D eigenvalue weighted by Crippen LogP contribution is 2.34. The van der Waals surface area contributed by atoms with E-state index in [0.717, 1.165) is 24.3 Å². The number of rotatable bonds is 2. The Morgan fingerprint density at radius 2 is 1.47 bits per heavy atom. The van der Waals surface area contributed by atoms with Crippen LogP contribution in [0.1, 0.15) is 11.1 Å². The fraction of sp³-hybridized carbons (Fsp3) is 0.455. The van der Waals surface area contributed by atoms with E-state index < -0.39 is 0 Å².